The van der Waals surface area contributed by atoms with Crippen LogP contribution < -0.4 is 5.73 Å². The van der Waals surface area contributed by atoms with E-state index in [-0.39, 0.29) is 14.4 Å². The summed E-state index contributed by atoms with van der Waals surface area (Å²) in [6.45, 7) is 0. The quantitative estimate of drug-likeness (QED) is 0.447. The summed E-state index contributed by atoms with van der Waals surface area (Å²) in [4.78, 5) is 3.00. The van der Waals surface area contributed by atoms with Gasteiger partial charge in [0.15, 0.2) is 5.84 Å². The van der Waals surface area contributed by atoms with Gasteiger partial charge in [0.2, 0.25) is 0 Å². The number of aromatic amines is 1. The Bertz CT molecular complexity index is 503. The standard InChI is InChI=1S/C9H8N3OP/c10-9(12-14-13)8-7-4-2-1-3-6(7)5-11-8/h1-5,11H,(H2,10,12,13). The van der Waals surface area contributed by atoms with Crippen molar-refractivity contribution < 1.29 is 4.57 Å². The number of aromatic nitrogens is 1. The lowest BCUT2D eigenvalue weighted by molar-refractivity contribution is 0.599. The number of rotatable bonds is 2. The molecule has 0 unspecified atom stereocenters. The predicted octanol–water partition coefficient (Wildman–Crippen LogP) is 2.08. The minimum absolute atomic E-state index is 0.253. The van der Waals surface area contributed by atoms with Crippen LogP contribution in [0, 0.1) is 0 Å². The molecule has 0 saturated heterocycles. The minimum atomic E-state index is -0.325. The Kier molecular flexibility index (Phi) is 2.29. The topological polar surface area (TPSA) is 71.2 Å². The summed E-state index contributed by atoms with van der Waals surface area (Å²) >= 11 is 0. The van der Waals surface area contributed by atoms with Crippen LogP contribution in [0.4, 0.5) is 0 Å². The fraction of sp³-hybridized carbons (Fsp3) is 0. The lowest BCUT2D eigenvalue weighted by Crippen LogP contribution is -2.12. The number of hydrogen-bond donors (Lipinski definition) is 2. The zero-order valence-corrected chi connectivity index (χ0v) is 8.16. The van der Waals surface area contributed by atoms with Gasteiger partial charge in [-0.3, -0.25) is 0 Å². The summed E-state index contributed by atoms with van der Waals surface area (Å²) in [7, 11) is -0.325. The first-order chi connectivity index (χ1) is 6.83. The SMILES string of the molecule is N/C(=N\P=O)c1[nH]cc2ccccc12. The van der Waals surface area contributed by atoms with Crippen molar-refractivity contribution in [1.29, 1.82) is 0 Å². The molecular weight excluding hydrogens is 197 g/mol. The molecule has 0 saturated carbocycles. The number of benzene rings is 1. The molecule has 70 valence electrons. The van der Waals surface area contributed by atoms with E-state index in [4.69, 9.17) is 5.73 Å². The van der Waals surface area contributed by atoms with E-state index < -0.39 is 0 Å². The van der Waals surface area contributed by atoms with Crippen LogP contribution in [0.15, 0.2) is 35.2 Å². The van der Waals surface area contributed by atoms with Gasteiger partial charge in [-0.2, -0.15) is 4.76 Å². The van der Waals surface area contributed by atoms with Crippen molar-refractivity contribution >= 4 is 25.2 Å². The van der Waals surface area contributed by atoms with Gasteiger partial charge in [-0.1, -0.05) is 24.3 Å². The molecule has 0 fully saturated rings. The van der Waals surface area contributed by atoms with Gasteiger partial charge in [0.25, 0.3) is 0 Å². The third-order valence-electron chi connectivity index (χ3n) is 2.01. The van der Waals surface area contributed by atoms with Gasteiger partial charge in [0.1, 0.15) is 0 Å². The number of fused-ring (bicyclic) bond motifs is 1. The molecule has 2 aromatic rings. The molecule has 3 N–H and O–H groups in total. The molecule has 0 aliphatic rings. The first-order valence-corrected chi connectivity index (χ1v) is 4.81. The maximum Gasteiger partial charge on any atom is 0.305 e. The first-order valence-electron chi connectivity index (χ1n) is 4.05. The summed E-state index contributed by atoms with van der Waals surface area (Å²) < 4.78 is 13.9. The zero-order valence-electron chi connectivity index (χ0n) is 7.27. The maximum absolute atomic E-state index is 10.3. The lowest BCUT2D eigenvalue weighted by atomic mass is 10.2. The van der Waals surface area contributed by atoms with Crippen molar-refractivity contribution in [3.05, 3.63) is 36.2 Å². The summed E-state index contributed by atoms with van der Waals surface area (Å²) in [5.41, 5.74) is 6.34. The fourth-order valence-corrected chi connectivity index (χ4v) is 1.57. The van der Waals surface area contributed by atoms with Gasteiger partial charge in [0, 0.05) is 11.6 Å². The smallest absolute Gasteiger partial charge is 0.305 e. The van der Waals surface area contributed by atoms with Gasteiger partial charge in [-0.25, -0.2) is 4.57 Å². The second-order valence-electron chi connectivity index (χ2n) is 2.82. The van der Waals surface area contributed by atoms with Crippen molar-refractivity contribution in [1.82, 2.24) is 4.98 Å². The van der Waals surface area contributed by atoms with E-state index in [0.29, 0.717) is 5.69 Å². The molecule has 0 amide bonds. The summed E-state index contributed by atoms with van der Waals surface area (Å²) in [6.07, 6.45) is 1.84. The highest BCUT2D eigenvalue weighted by molar-refractivity contribution is 7.22. The van der Waals surface area contributed by atoms with Crippen LogP contribution in [-0.2, 0) is 4.57 Å². The third kappa shape index (κ3) is 1.40. The second-order valence-corrected chi connectivity index (χ2v) is 3.18. The normalized spacial score (nSPS) is 12.4. The van der Waals surface area contributed by atoms with Crippen molar-refractivity contribution in [3.8, 4) is 0 Å². The molecule has 5 heteroatoms. The van der Waals surface area contributed by atoms with Crippen LogP contribution in [-0.4, -0.2) is 10.8 Å². The minimum Gasteiger partial charge on any atom is -0.382 e. The molecule has 14 heavy (non-hydrogen) atoms. The molecule has 2 rings (SSSR count). The van der Waals surface area contributed by atoms with Gasteiger partial charge >= 0.3 is 8.61 Å². The monoisotopic (exact) mass is 205 g/mol. The third-order valence-corrected chi connectivity index (χ3v) is 2.30. The molecule has 0 atom stereocenters. The van der Waals surface area contributed by atoms with Gasteiger partial charge in [-0.05, 0) is 5.39 Å². The van der Waals surface area contributed by atoms with Crippen LogP contribution in [0.5, 0.6) is 0 Å². The average Bonchev–Trinajstić information content (AvgIpc) is 2.61. The molecule has 0 aliphatic heterocycles. The number of hydrogen-bond acceptors (Lipinski definition) is 1. The summed E-state index contributed by atoms with van der Waals surface area (Å²) in [6, 6.07) is 7.77. The van der Waals surface area contributed by atoms with Crippen molar-refractivity contribution in [2.24, 2.45) is 10.5 Å². The van der Waals surface area contributed by atoms with Crippen LogP contribution in [0.25, 0.3) is 10.8 Å². The Morgan fingerprint density at radius 3 is 3.00 bits per heavy atom. The number of nitrogens with one attached hydrogen (secondary N) is 1. The number of nitrogens with two attached hydrogens (primary N) is 1. The average molecular weight is 205 g/mol. The van der Waals surface area contributed by atoms with E-state index in [2.05, 4.69) is 9.75 Å². The van der Waals surface area contributed by atoms with Crippen LogP contribution in [0.3, 0.4) is 0 Å². The summed E-state index contributed by atoms with van der Waals surface area (Å²) in [5, 5.41) is 2.04. The zero-order chi connectivity index (χ0) is 9.97. The Morgan fingerprint density at radius 2 is 2.21 bits per heavy atom. The van der Waals surface area contributed by atoms with Crippen LogP contribution >= 0.6 is 8.61 Å². The van der Waals surface area contributed by atoms with E-state index in [1.807, 2.05) is 30.5 Å². The Morgan fingerprint density at radius 1 is 1.43 bits per heavy atom. The highest BCUT2D eigenvalue weighted by Crippen LogP contribution is 2.17. The van der Waals surface area contributed by atoms with Gasteiger partial charge in [0.05, 0.1) is 5.69 Å². The van der Waals surface area contributed by atoms with Crippen molar-refractivity contribution in [2.75, 3.05) is 0 Å². The highest BCUT2D eigenvalue weighted by Gasteiger charge is 2.05. The number of amidine groups is 1. The number of nitrogens with zero attached hydrogens (tertiary/aromatic N) is 1. The highest BCUT2D eigenvalue weighted by atomic mass is 31.1. The molecule has 0 bridgehead atoms. The molecule has 1 aromatic carbocycles. The molecule has 4 nitrogen and oxygen atoms in total. The van der Waals surface area contributed by atoms with E-state index in [9.17, 15) is 4.57 Å². The Labute approximate surface area is 82.1 Å². The largest absolute Gasteiger partial charge is 0.382 e. The predicted molar refractivity (Wildman–Crippen MR) is 56.6 cm³/mol. The van der Waals surface area contributed by atoms with Crippen LogP contribution in [0.1, 0.15) is 5.69 Å². The Balaban J connectivity index is 2.64. The molecular formula is C9H8N3OP. The lowest BCUT2D eigenvalue weighted by Gasteiger charge is -1.95. The second kappa shape index (κ2) is 3.60. The molecule has 0 aliphatic carbocycles. The van der Waals surface area contributed by atoms with Crippen LogP contribution in [0.2, 0.25) is 0 Å². The van der Waals surface area contributed by atoms with Gasteiger partial charge < -0.3 is 10.7 Å². The molecule has 1 aromatic heterocycles. The maximum atomic E-state index is 10.3. The number of H-pyrrole nitrogens is 1. The molecule has 0 radical (unpaired) electrons. The van der Waals surface area contributed by atoms with E-state index in [0.717, 1.165) is 10.8 Å². The van der Waals surface area contributed by atoms with Crippen molar-refractivity contribution in [3.63, 3.8) is 0 Å². The van der Waals surface area contributed by atoms with E-state index in [1.165, 1.54) is 0 Å². The van der Waals surface area contributed by atoms with E-state index in [1.54, 1.807) is 0 Å². The fourth-order valence-electron chi connectivity index (χ4n) is 1.38. The van der Waals surface area contributed by atoms with Gasteiger partial charge in [-0.15, -0.1) is 0 Å². The van der Waals surface area contributed by atoms with E-state index >= 15 is 0 Å². The molecule has 0 spiro atoms. The Hall–Kier alpha value is -1.67. The first kappa shape index (κ1) is 8.91. The summed E-state index contributed by atoms with van der Waals surface area (Å²) in [5.74, 6) is 0.253. The molecule has 1 heterocycles. The van der Waals surface area contributed by atoms with Crippen molar-refractivity contribution in [2.45, 2.75) is 0 Å².